The number of hydrogen-bond acceptors (Lipinski definition) is 1. The molecule has 2 aliphatic rings. The molecule has 1 unspecified atom stereocenters. The third-order valence-electron chi connectivity index (χ3n) is 4.27. The Morgan fingerprint density at radius 2 is 1.94 bits per heavy atom. The van der Waals surface area contributed by atoms with Crippen LogP contribution in [-0.2, 0) is 11.2 Å². The first-order valence-corrected chi connectivity index (χ1v) is 7.13. The molecule has 1 nitrogen and oxygen atoms in total. The second-order valence-electron chi connectivity index (χ2n) is 5.63. The van der Waals surface area contributed by atoms with E-state index in [4.69, 9.17) is 0 Å². The summed E-state index contributed by atoms with van der Waals surface area (Å²) in [6, 6.07) is 8.51. The lowest BCUT2D eigenvalue weighted by atomic mass is 9.75. The van der Waals surface area contributed by atoms with Crippen LogP contribution in [0.5, 0.6) is 0 Å². The highest BCUT2D eigenvalue weighted by Gasteiger charge is 2.26. The molecule has 18 heavy (non-hydrogen) atoms. The van der Waals surface area contributed by atoms with Gasteiger partial charge in [0, 0.05) is 6.42 Å². The van der Waals surface area contributed by atoms with Crippen LogP contribution in [0, 0.1) is 0 Å². The highest BCUT2D eigenvalue weighted by Crippen LogP contribution is 2.37. The molecule has 0 heterocycles. The molecule has 3 rings (SSSR count). The molecular weight excluding hydrogens is 220 g/mol. The number of hydrogen-bond donors (Lipinski definition) is 0. The molecule has 0 N–H and O–H groups in total. The lowest BCUT2D eigenvalue weighted by Crippen LogP contribution is -2.19. The van der Waals surface area contributed by atoms with Gasteiger partial charge in [0.05, 0.1) is 0 Å². The lowest BCUT2D eigenvalue weighted by molar-refractivity contribution is -0.115. The maximum absolute atomic E-state index is 12.0. The molecule has 0 aromatic heterocycles. The van der Waals surface area contributed by atoms with Gasteiger partial charge >= 0.3 is 0 Å². The molecule has 0 saturated heterocycles. The minimum absolute atomic E-state index is 0.339. The van der Waals surface area contributed by atoms with Crippen LogP contribution in [0.1, 0.15) is 55.6 Å². The minimum atomic E-state index is 0.339. The zero-order chi connectivity index (χ0) is 12.4. The predicted molar refractivity (Wildman–Crippen MR) is 73.7 cm³/mol. The van der Waals surface area contributed by atoms with Crippen molar-refractivity contribution in [1.29, 1.82) is 0 Å². The number of fused-ring (bicyclic) bond motifs is 1. The topological polar surface area (TPSA) is 17.1 Å². The summed E-state index contributed by atoms with van der Waals surface area (Å²) in [5.74, 6) is 0.820. The van der Waals surface area contributed by atoms with Crippen LogP contribution >= 0.6 is 0 Å². The fourth-order valence-corrected chi connectivity index (χ4v) is 3.22. The van der Waals surface area contributed by atoms with Gasteiger partial charge in [0.15, 0.2) is 5.78 Å². The SMILES string of the molecule is O=C(C=C1CCCCC1)CC1Cc2ccccc21. The zero-order valence-electron chi connectivity index (χ0n) is 10.8. The van der Waals surface area contributed by atoms with Crippen LogP contribution in [0.15, 0.2) is 35.9 Å². The third-order valence-corrected chi connectivity index (χ3v) is 4.27. The molecular formula is C17H20O. The molecule has 0 aliphatic heterocycles. The summed E-state index contributed by atoms with van der Waals surface area (Å²) in [6.45, 7) is 0. The lowest BCUT2D eigenvalue weighted by Gasteiger charge is -2.29. The Bertz CT molecular complexity index is 476. The molecule has 1 aromatic rings. The predicted octanol–water partition coefficient (Wildman–Crippen LogP) is 4.18. The van der Waals surface area contributed by atoms with Gasteiger partial charge in [-0.25, -0.2) is 0 Å². The normalized spacial score (nSPS) is 22.0. The van der Waals surface area contributed by atoms with Crippen molar-refractivity contribution in [3.63, 3.8) is 0 Å². The first-order chi connectivity index (χ1) is 8.83. The van der Waals surface area contributed by atoms with E-state index in [0.29, 0.717) is 18.1 Å². The summed E-state index contributed by atoms with van der Waals surface area (Å²) in [5, 5.41) is 0. The van der Waals surface area contributed by atoms with Gasteiger partial charge in [-0.1, -0.05) is 36.3 Å². The van der Waals surface area contributed by atoms with Crippen LogP contribution < -0.4 is 0 Å². The van der Waals surface area contributed by atoms with Crippen molar-refractivity contribution in [2.24, 2.45) is 0 Å². The van der Waals surface area contributed by atoms with E-state index in [1.165, 1.54) is 36.0 Å². The Morgan fingerprint density at radius 3 is 2.72 bits per heavy atom. The molecule has 1 heteroatoms. The van der Waals surface area contributed by atoms with E-state index >= 15 is 0 Å². The molecule has 2 aliphatic carbocycles. The van der Waals surface area contributed by atoms with E-state index in [0.717, 1.165) is 19.3 Å². The number of allylic oxidation sites excluding steroid dienone is 2. The highest BCUT2D eigenvalue weighted by molar-refractivity contribution is 5.91. The highest BCUT2D eigenvalue weighted by atomic mass is 16.1. The van der Waals surface area contributed by atoms with Crippen molar-refractivity contribution in [3.8, 4) is 0 Å². The molecule has 1 fully saturated rings. The van der Waals surface area contributed by atoms with Crippen LogP contribution in [0.25, 0.3) is 0 Å². The van der Waals surface area contributed by atoms with Gasteiger partial charge in [0.2, 0.25) is 0 Å². The van der Waals surface area contributed by atoms with E-state index in [2.05, 4.69) is 24.3 Å². The second kappa shape index (κ2) is 5.09. The Hall–Kier alpha value is -1.37. The molecule has 1 atom stereocenters. The first kappa shape index (κ1) is 11.7. The average Bonchev–Trinajstić information content (AvgIpc) is 2.37. The van der Waals surface area contributed by atoms with E-state index in [1.54, 1.807) is 0 Å². The van der Waals surface area contributed by atoms with E-state index in [-0.39, 0.29) is 0 Å². The molecule has 0 amide bonds. The summed E-state index contributed by atoms with van der Waals surface area (Å²) in [6.07, 6.45) is 9.91. The Kier molecular flexibility index (Phi) is 3.31. The Balaban J connectivity index is 1.60. The zero-order valence-corrected chi connectivity index (χ0v) is 10.8. The summed E-state index contributed by atoms with van der Waals surface area (Å²) in [4.78, 5) is 12.0. The smallest absolute Gasteiger partial charge is 0.156 e. The van der Waals surface area contributed by atoms with Crippen molar-refractivity contribution in [2.45, 2.75) is 50.9 Å². The van der Waals surface area contributed by atoms with Crippen LogP contribution in [-0.4, -0.2) is 5.78 Å². The number of carbonyl (C=O) groups excluding carboxylic acids is 1. The van der Waals surface area contributed by atoms with Gasteiger partial charge in [0.1, 0.15) is 0 Å². The molecule has 1 aromatic carbocycles. The standard InChI is InChI=1S/C17H20O/c18-16(10-13-6-2-1-3-7-13)12-15-11-14-8-4-5-9-17(14)15/h4-5,8-10,15H,1-3,6-7,11-12H2. The number of benzene rings is 1. The van der Waals surface area contributed by atoms with Gasteiger partial charge in [-0.15, -0.1) is 0 Å². The largest absolute Gasteiger partial charge is 0.295 e. The summed E-state index contributed by atoms with van der Waals surface area (Å²) in [7, 11) is 0. The monoisotopic (exact) mass is 240 g/mol. The maximum atomic E-state index is 12.0. The van der Waals surface area contributed by atoms with Gasteiger partial charge < -0.3 is 0 Å². The Morgan fingerprint density at radius 1 is 1.17 bits per heavy atom. The van der Waals surface area contributed by atoms with Gasteiger partial charge in [-0.3, -0.25) is 4.79 Å². The molecule has 0 bridgehead atoms. The van der Waals surface area contributed by atoms with Gasteiger partial charge in [0.25, 0.3) is 0 Å². The molecule has 0 spiro atoms. The maximum Gasteiger partial charge on any atom is 0.156 e. The number of rotatable bonds is 3. The molecule has 0 radical (unpaired) electrons. The Labute approximate surface area is 109 Å². The van der Waals surface area contributed by atoms with Crippen molar-refractivity contribution < 1.29 is 4.79 Å². The molecule has 1 saturated carbocycles. The quantitative estimate of drug-likeness (QED) is 0.724. The van der Waals surface area contributed by atoms with E-state index in [9.17, 15) is 4.79 Å². The van der Waals surface area contributed by atoms with Crippen LogP contribution in [0.2, 0.25) is 0 Å². The van der Waals surface area contributed by atoms with Gasteiger partial charge in [-0.05, 0) is 55.2 Å². The molecule has 94 valence electrons. The van der Waals surface area contributed by atoms with Crippen LogP contribution in [0.4, 0.5) is 0 Å². The van der Waals surface area contributed by atoms with Crippen molar-refractivity contribution in [1.82, 2.24) is 0 Å². The number of carbonyl (C=O) groups is 1. The second-order valence-corrected chi connectivity index (χ2v) is 5.63. The van der Waals surface area contributed by atoms with E-state index < -0.39 is 0 Å². The van der Waals surface area contributed by atoms with Gasteiger partial charge in [-0.2, -0.15) is 0 Å². The third kappa shape index (κ3) is 2.40. The van der Waals surface area contributed by atoms with Crippen molar-refractivity contribution >= 4 is 5.78 Å². The van der Waals surface area contributed by atoms with E-state index in [1.807, 2.05) is 6.08 Å². The summed E-state index contributed by atoms with van der Waals surface area (Å²) >= 11 is 0. The van der Waals surface area contributed by atoms with Crippen LogP contribution in [0.3, 0.4) is 0 Å². The first-order valence-electron chi connectivity index (χ1n) is 7.13. The minimum Gasteiger partial charge on any atom is -0.295 e. The van der Waals surface area contributed by atoms with Crippen molar-refractivity contribution in [2.75, 3.05) is 0 Å². The fraction of sp³-hybridized carbons (Fsp3) is 0.471. The summed E-state index contributed by atoms with van der Waals surface area (Å²) < 4.78 is 0. The number of ketones is 1. The fourth-order valence-electron chi connectivity index (χ4n) is 3.22. The summed E-state index contributed by atoms with van der Waals surface area (Å²) in [5.41, 5.74) is 4.22. The average molecular weight is 240 g/mol. The van der Waals surface area contributed by atoms with Crippen molar-refractivity contribution in [3.05, 3.63) is 47.0 Å².